The highest BCUT2D eigenvalue weighted by atomic mass is 32.2. The number of hydrogen-bond acceptors (Lipinski definition) is 4. The summed E-state index contributed by atoms with van der Waals surface area (Å²) in [6.45, 7) is 0.927. The van der Waals surface area contributed by atoms with Gasteiger partial charge in [-0.15, -0.1) is 0 Å². The fourth-order valence-corrected chi connectivity index (χ4v) is 2.89. The number of unbranched alkanes of at least 4 members (excludes halogenated alkanes) is 3. The van der Waals surface area contributed by atoms with E-state index in [1.807, 2.05) is 23.9 Å². The van der Waals surface area contributed by atoms with E-state index in [0.717, 1.165) is 35.6 Å². The first kappa shape index (κ1) is 15.0. The Morgan fingerprint density at radius 3 is 2.90 bits per heavy atom. The van der Waals surface area contributed by atoms with Crippen molar-refractivity contribution in [2.75, 3.05) is 34.9 Å². The van der Waals surface area contributed by atoms with Crippen LogP contribution in [0.3, 0.4) is 0 Å². The van der Waals surface area contributed by atoms with Gasteiger partial charge in [0.05, 0.1) is 17.8 Å². The summed E-state index contributed by atoms with van der Waals surface area (Å²) < 4.78 is 0. The fraction of sp³-hybridized carbons (Fsp3) is 0.533. The Morgan fingerprint density at radius 1 is 1.30 bits per heavy atom. The van der Waals surface area contributed by atoms with Crippen LogP contribution in [0.15, 0.2) is 12.1 Å². The zero-order valence-electron chi connectivity index (χ0n) is 12.0. The van der Waals surface area contributed by atoms with Crippen molar-refractivity contribution in [1.82, 2.24) is 0 Å². The number of nitrogens with two attached hydrogens (primary N) is 1. The monoisotopic (exact) mass is 293 g/mol. The minimum absolute atomic E-state index is 0.0466. The summed E-state index contributed by atoms with van der Waals surface area (Å²) in [6, 6.07) is 3.84. The van der Waals surface area contributed by atoms with Gasteiger partial charge in [-0.3, -0.25) is 4.79 Å². The third-order valence-electron chi connectivity index (χ3n) is 3.49. The van der Waals surface area contributed by atoms with Crippen LogP contribution < -0.4 is 16.4 Å². The maximum absolute atomic E-state index is 11.3. The third-order valence-corrected chi connectivity index (χ3v) is 4.19. The van der Waals surface area contributed by atoms with Crippen molar-refractivity contribution in [3.8, 4) is 0 Å². The molecule has 1 aliphatic heterocycles. The normalized spacial score (nSPS) is 13.2. The van der Waals surface area contributed by atoms with Crippen molar-refractivity contribution in [3.05, 3.63) is 17.7 Å². The van der Waals surface area contributed by atoms with Gasteiger partial charge in [0, 0.05) is 12.2 Å². The average molecular weight is 293 g/mol. The lowest BCUT2D eigenvalue weighted by Crippen LogP contribution is -2.05. The van der Waals surface area contributed by atoms with Crippen LogP contribution in [0.2, 0.25) is 0 Å². The molecule has 1 aliphatic rings. The van der Waals surface area contributed by atoms with E-state index in [9.17, 15) is 4.79 Å². The number of fused-ring (bicyclic) bond motifs is 1. The molecule has 1 heterocycles. The predicted octanol–water partition coefficient (Wildman–Crippen LogP) is 3.10. The Bertz CT molecular complexity index is 476. The van der Waals surface area contributed by atoms with Crippen LogP contribution in [-0.4, -0.2) is 24.5 Å². The van der Waals surface area contributed by atoms with Gasteiger partial charge in [-0.05, 0) is 42.5 Å². The fourth-order valence-electron chi connectivity index (χ4n) is 2.39. The van der Waals surface area contributed by atoms with Crippen LogP contribution in [0.25, 0.3) is 0 Å². The quantitative estimate of drug-likeness (QED) is 0.509. The van der Waals surface area contributed by atoms with Crippen LogP contribution >= 0.6 is 11.8 Å². The number of anilines is 3. The maximum atomic E-state index is 11.3. The molecule has 0 saturated heterocycles. The van der Waals surface area contributed by atoms with Gasteiger partial charge in [0.2, 0.25) is 5.91 Å². The zero-order chi connectivity index (χ0) is 14.4. The van der Waals surface area contributed by atoms with E-state index in [1.165, 1.54) is 25.0 Å². The van der Waals surface area contributed by atoms with Crippen molar-refractivity contribution in [2.24, 2.45) is 0 Å². The minimum Gasteiger partial charge on any atom is -0.397 e. The molecule has 4 nitrogen and oxygen atoms in total. The molecule has 0 fully saturated rings. The van der Waals surface area contributed by atoms with E-state index >= 15 is 0 Å². The summed E-state index contributed by atoms with van der Waals surface area (Å²) in [5.41, 5.74) is 9.56. The highest BCUT2D eigenvalue weighted by Crippen LogP contribution is 2.31. The first-order valence-electron chi connectivity index (χ1n) is 7.16. The molecule has 2 rings (SSSR count). The number of carbonyl (C=O) groups excluding carboxylic acids is 1. The molecular weight excluding hydrogens is 270 g/mol. The number of amides is 1. The number of rotatable bonds is 8. The summed E-state index contributed by atoms with van der Waals surface area (Å²) in [6.07, 6.45) is 7.57. The molecule has 0 aliphatic carbocycles. The van der Waals surface area contributed by atoms with Crippen molar-refractivity contribution >= 4 is 34.7 Å². The molecule has 5 heteroatoms. The van der Waals surface area contributed by atoms with Gasteiger partial charge in [-0.2, -0.15) is 11.8 Å². The number of benzene rings is 1. The summed E-state index contributed by atoms with van der Waals surface area (Å²) in [7, 11) is 0. The molecule has 1 aromatic carbocycles. The molecule has 1 amide bonds. The van der Waals surface area contributed by atoms with Crippen LogP contribution in [-0.2, 0) is 11.2 Å². The van der Waals surface area contributed by atoms with Gasteiger partial charge in [-0.25, -0.2) is 0 Å². The Hall–Kier alpha value is -1.36. The SMILES string of the molecule is CSCCCCCCNc1cc2c(cc1N)CC(=O)N2. The first-order chi connectivity index (χ1) is 9.70. The van der Waals surface area contributed by atoms with Crippen LogP contribution in [0.1, 0.15) is 31.2 Å². The summed E-state index contributed by atoms with van der Waals surface area (Å²) >= 11 is 1.91. The largest absolute Gasteiger partial charge is 0.397 e. The van der Waals surface area contributed by atoms with Crippen LogP contribution in [0.4, 0.5) is 17.1 Å². The zero-order valence-corrected chi connectivity index (χ0v) is 12.8. The van der Waals surface area contributed by atoms with Gasteiger partial charge >= 0.3 is 0 Å². The van der Waals surface area contributed by atoms with E-state index in [0.29, 0.717) is 6.42 Å². The molecule has 0 unspecified atom stereocenters. The number of nitrogens with one attached hydrogen (secondary N) is 2. The summed E-state index contributed by atoms with van der Waals surface area (Å²) in [5.74, 6) is 1.30. The highest BCUT2D eigenvalue weighted by Gasteiger charge is 2.18. The molecule has 4 N–H and O–H groups in total. The lowest BCUT2D eigenvalue weighted by Gasteiger charge is -2.11. The second-order valence-electron chi connectivity index (χ2n) is 5.16. The van der Waals surface area contributed by atoms with E-state index in [1.54, 1.807) is 0 Å². The summed E-state index contributed by atoms with van der Waals surface area (Å²) in [5, 5.41) is 6.22. The lowest BCUT2D eigenvalue weighted by atomic mass is 10.1. The minimum atomic E-state index is 0.0466. The van der Waals surface area contributed by atoms with Crippen molar-refractivity contribution in [2.45, 2.75) is 32.1 Å². The predicted molar refractivity (Wildman–Crippen MR) is 88.5 cm³/mol. The molecule has 0 bridgehead atoms. The molecule has 110 valence electrons. The van der Waals surface area contributed by atoms with Crippen molar-refractivity contribution in [3.63, 3.8) is 0 Å². The molecule has 0 radical (unpaired) electrons. The second kappa shape index (κ2) is 7.43. The highest BCUT2D eigenvalue weighted by molar-refractivity contribution is 7.98. The maximum Gasteiger partial charge on any atom is 0.228 e. The van der Waals surface area contributed by atoms with Crippen LogP contribution in [0, 0.1) is 0 Å². The lowest BCUT2D eigenvalue weighted by molar-refractivity contribution is -0.115. The molecule has 20 heavy (non-hydrogen) atoms. The summed E-state index contributed by atoms with van der Waals surface area (Å²) in [4.78, 5) is 11.3. The first-order valence-corrected chi connectivity index (χ1v) is 8.55. The Labute approximate surface area is 124 Å². The van der Waals surface area contributed by atoms with Gasteiger partial charge in [-0.1, -0.05) is 12.8 Å². The average Bonchev–Trinajstić information content (AvgIpc) is 2.77. The molecule has 0 spiro atoms. The number of hydrogen-bond donors (Lipinski definition) is 3. The number of thioether (sulfide) groups is 1. The topological polar surface area (TPSA) is 67.1 Å². The smallest absolute Gasteiger partial charge is 0.228 e. The van der Waals surface area contributed by atoms with Gasteiger partial charge < -0.3 is 16.4 Å². The van der Waals surface area contributed by atoms with Gasteiger partial charge in [0.25, 0.3) is 0 Å². The molecule has 1 aromatic rings. The number of nitrogen functional groups attached to an aromatic ring is 1. The van der Waals surface area contributed by atoms with Crippen LogP contribution in [0.5, 0.6) is 0 Å². The van der Waals surface area contributed by atoms with E-state index < -0.39 is 0 Å². The van der Waals surface area contributed by atoms with Crippen molar-refractivity contribution in [1.29, 1.82) is 0 Å². The van der Waals surface area contributed by atoms with E-state index in [-0.39, 0.29) is 5.91 Å². The third kappa shape index (κ3) is 4.07. The standard InChI is InChI=1S/C15H23N3OS/c1-20-7-5-3-2-4-6-17-14-10-13-11(8-12(14)16)9-15(19)18-13/h8,10,17H,2-7,9,16H2,1H3,(H,18,19). The Morgan fingerprint density at radius 2 is 2.10 bits per heavy atom. The van der Waals surface area contributed by atoms with Crippen molar-refractivity contribution < 1.29 is 4.79 Å². The van der Waals surface area contributed by atoms with E-state index in [4.69, 9.17) is 5.73 Å². The molecule has 0 aromatic heterocycles. The molecule has 0 saturated carbocycles. The Balaban J connectivity index is 1.76. The van der Waals surface area contributed by atoms with Gasteiger partial charge in [0.15, 0.2) is 0 Å². The molecular formula is C15H23N3OS. The second-order valence-corrected chi connectivity index (χ2v) is 6.14. The van der Waals surface area contributed by atoms with E-state index in [2.05, 4.69) is 16.9 Å². The Kier molecular flexibility index (Phi) is 5.59. The van der Waals surface area contributed by atoms with Gasteiger partial charge in [0.1, 0.15) is 0 Å². The molecule has 0 atom stereocenters. The number of carbonyl (C=O) groups is 1.